The van der Waals surface area contributed by atoms with Crippen molar-refractivity contribution in [3.8, 4) is 28.6 Å². The lowest BCUT2D eigenvalue weighted by Crippen LogP contribution is -2.09. The van der Waals surface area contributed by atoms with Gasteiger partial charge in [0.05, 0.1) is 26.7 Å². The first-order valence-electron chi connectivity index (χ1n) is 7.44. The molecule has 0 bridgehead atoms. The van der Waals surface area contributed by atoms with E-state index in [1.165, 1.54) is 51.7 Å². The van der Waals surface area contributed by atoms with Crippen LogP contribution in [0.2, 0.25) is 0 Å². The smallest absolute Gasteiger partial charge is 0.229 e. The zero-order valence-corrected chi connectivity index (χ0v) is 14.2. The average molecular weight is 359 g/mol. The molecule has 1 aromatic heterocycles. The van der Waals surface area contributed by atoms with Crippen LogP contribution in [0.4, 0.5) is 10.1 Å². The largest absolute Gasteiger partial charge is 0.494 e. The summed E-state index contributed by atoms with van der Waals surface area (Å²) in [6.07, 6.45) is 0. The highest BCUT2D eigenvalue weighted by atomic mass is 19.1. The van der Waals surface area contributed by atoms with E-state index in [0.717, 1.165) is 0 Å². The third kappa shape index (κ3) is 2.65. The fraction of sp³-hybridized carbons (Fsp3) is 0.167. The Morgan fingerprint density at radius 1 is 1.00 bits per heavy atom. The Morgan fingerprint density at radius 2 is 1.73 bits per heavy atom. The van der Waals surface area contributed by atoms with E-state index in [1.807, 2.05) is 0 Å². The molecule has 0 amide bonds. The molecule has 8 heteroatoms. The zero-order chi connectivity index (χ0) is 18.8. The van der Waals surface area contributed by atoms with Crippen LogP contribution in [0.3, 0.4) is 0 Å². The molecule has 0 fully saturated rings. The molecule has 3 rings (SSSR count). The van der Waals surface area contributed by atoms with Crippen LogP contribution in [-0.4, -0.2) is 21.3 Å². The quantitative estimate of drug-likeness (QED) is 0.639. The highest BCUT2D eigenvalue weighted by molar-refractivity contribution is 5.87. The van der Waals surface area contributed by atoms with E-state index in [4.69, 9.17) is 18.6 Å². The molecule has 2 aromatic carbocycles. The van der Waals surface area contributed by atoms with Gasteiger partial charge in [0.25, 0.3) is 0 Å². The van der Waals surface area contributed by atoms with Crippen molar-refractivity contribution in [1.82, 2.24) is 0 Å². The number of rotatable bonds is 5. The van der Waals surface area contributed by atoms with Crippen molar-refractivity contribution >= 4 is 16.7 Å². The van der Waals surface area contributed by atoms with Gasteiger partial charge in [-0.15, -0.1) is 4.91 Å². The monoisotopic (exact) mass is 359 g/mol. The van der Waals surface area contributed by atoms with Gasteiger partial charge in [-0.05, 0) is 35.5 Å². The molecular weight excluding hydrogens is 345 g/mol. The summed E-state index contributed by atoms with van der Waals surface area (Å²) in [6.45, 7) is 0. The van der Waals surface area contributed by atoms with Crippen LogP contribution in [0.25, 0.3) is 22.3 Å². The van der Waals surface area contributed by atoms with Crippen LogP contribution in [0.15, 0.2) is 44.7 Å². The Kier molecular flexibility index (Phi) is 4.57. The van der Waals surface area contributed by atoms with Crippen molar-refractivity contribution in [3.63, 3.8) is 0 Å². The number of nitrogens with zero attached hydrogens (tertiary/aromatic N) is 1. The van der Waals surface area contributed by atoms with Crippen molar-refractivity contribution in [2.75, 3.05) is 21.3 Å². The van der Waals surface area contributed by atoms with Gasteiger partial charge in [-0.1, -0.05) is 0 Å². The molecule has 1 heterocycles. The zero-order valence-electron chi connectivity index (χ0n) is 14.2. The molecule has 26 heavy (non-hydrogen) atoms. The summed E-state index contributed by atoms with van der Waals surface area (Å²) in [5.74, 6) is -0.763. The lowest BCUT2D eigenvalue weighted by molar-refractivity contribution is 0.352. The van der Waals surface area contributed by atoms with Crippen molar-refractivity contribution in [1.29, 1.82) is 0 Å². The van der Waals surface area contributed by atoms with E-state index >= 15 is 0 Å². The van der Waals surface area contributed by atoms with E-state index in [0.29, 0.717) is 5.75 Å². The van der Waals surface area contributed by atoms with Crippen LogP contribution < -0.4 is 19.6 Å². The van der Waals surface area contributed by atoms with Gasteiger partial charge in [0.1, 0.15) is 11.4 Å². The summed E-state index contributed by atoms with van der Waals surface area (Å²) < 4.78 is 35.8. The number of hydrogen-bond donors (Lipinski definition) is 0. The first kappa shape index (κ1) is 17.4. The number of halogens is 1. The van der Waals surface area contributed by atoms with Gasteiger partial charge < -0.3 is 18.6 Å². The molecule has 0 aliphatic carbocycles. The third-order valence-corrected chi connectivity index (χ3v) is 3.89. The average Bonchev–Trinajstić information content (AvgIpc) is 2.68. The number of benzene rings is 2. The molecule has 7 nitrogen and oxygen atoms in total. The highest BCUT2D eigenvalue weighted by Gasteiger charge is 2.21. The maximum Gasteiger partial charge on any atom is 0.229 e. The summed E-state index contributed by atoms with van der Waals surface area (Å²) in [6, 6.07) is 6.99. The van der Waals surface area contributed by atoms with Gasteiger partial charge in [0, 0.05) is 5.56 Å². The molecular formula is C18H14FNO6. The maximum absolute atomic E-state index is 14.6. The molecule has 0 unspecified atom stereocenters. The molecule has 0 spiro atoms. The van der Waals surface area contributed by atoms with Crippen LogP contribution in [0.5, 0.6) is 17.2 Å². The van der Waals surface area contributed by atoms with E-state index in [-0.39, 0.29) is 39.5 Å². The minimum Gasteiger partial charge on any atom is -0.494 e. The minimum atomic E-state index is -1.07. The Bertz CT molecular complexity index is 1060. The van der Waals surface area contributed by atoms with Gasteiger partial charge in [-0.2, -0.15) is 4.39 Å². The normalized spacial score (nSPS) is 10.6. The van der Waals surface area contributed by atoms with Crippen LogP contribution >= 0.6 is 0 Å². The fourth-order valence-corrected chi connectivity index (χ4v) is 2.63. The van der Waals surface area contributed by atoms with Gasteiger partial charge >= 0.3 is 0 Å². The molecule has 0 saturated heterocycles. The second-order valence-electron chi connectivity index (χ2n) is 5.23. The second kappa shape index (κ2) is 6.83. The van der Waals surface area contributed by atoms with E-state index in [2.05, 4.69) is 5.18 Å². The first-order chi connectivity index (χ1) is 12.5. The molecule has 0 aliphatic heterocycles. The number of fused-ring (bicyclic) bond motifs is 1. The molecule has 0 atom stereocenters. The number of nitroso groups, excluding NO2 is 1. The molecule has 3 aromatic rings. The summed E-state index contributed by atoms with van der Waals surface area (Å²) in [7, 11) is 4.16. The molecule has 0 saturated carbocycles. The van der Waals surface area contributed by atoms with Crippen molar-refractivity contribution < 1.29 is 23.0 Å². The van der Waals surface area contributed by atoms with E-state index in [9.17, 15) is 14.1 Å². The van der Waals surface area contributed by atoms with Crippen molar-refractivity contribution in [3.05, 3.63) is 51.3 Å². The summed E-state index contributed by atoms with van der Waals surface area (Å²) >= 11 is 0. The van der Waals surface area contributed by atoms with Gasteiger partial charge in [-0.25, -0.2) is 0 Å². The number of methoxy groups -OCH3 is 3. The maximum atomic E-state index is 14.6. The minimum absolute atomic E-state index is 0.0158. The second-order valence-corrected chi connectivity index (χ2v) is 5.23. The third-order valence-electron chi connectivity index (χ3n) is 3.89. The van der Waals surface area contributed by atoms with Gasteiger partial charge in [-0.3, -0.25) is 4.79 Å². The Hall–Kier alpha value is -3.42. The fourth-order valence-electron chi connectivity index (χ4n) is 2.63. The molecule has 134 valence electrons. The Balaban J connectivity index is 2.35. The van der Waals surface area contributed by atoms with E-state index < -0.39 is 11.2 Å². The van der Waals surface area contributed by atoms with Crippen molar-refractivity contribution in [2.24, 2.45) is 5.18 Å². The van der Waals surface area contributed by atoms with Gasteiger partial charge in [0.2, 0.25) is 17.0 Å². The number of ether oxygens (including phenoxy) is 3. The predicted molar refractivity (Wildman–Crippen MR) is 93.0 cm³/mol. The highest BCUT2D eigenvalue weighted by Crippen LogP contribution is 2.38. The Morgan fingerprint density at radius 3 is 2.35 bits per heavy atom. The Labute approximate surface area is 146 Å². The summed E-state index contributed by atoms with van der Waals surface area (Å²) in [5.41, 5.74) is -0.557. The van der Waals surface area contributed by atoms with Crippen LogP contribution in [0, 0.1) is 10.7 Å². The van der Waals surface area contributed by atoms with Crippen molar-refractivity contribution in [2.45, 2.75) is 0 Å². The SMILES string of the molecule is COc1cc(-c2oc3c(OC)c(OC)ccc3c(=O)c2F)ccc1N=O. The predicted octanol–water partition coefficient (Wildman–Crippen LogP) is 4.02. The van der Waals surface area contributed by atoms with Crippen LogP contribution in [0.1, 0.15) is 0 Å². The lowest BCUT2D eigenvalue weighted by atomic mass is 10.1. The molecule has 0 radical (unpaired) electrons. The van der Waals surface area contributed by atoms with Gasteiger partial charge in [0.15, 0.2) is 17.1 Å². The molecule has 0 N–H and O–H groups in total. The number of hydrogen-bond acceptors (Lipinski definition) is 7. The summed E-state index contributed by atoms with van der Waals surface area (Å²) in [4.78, 5) is 23.2. The first-order valence-corrected chi connectivity index (χ1v) is 7.44. The molecule has 0 aliphatic rings. The van der Waals surface area contributed by atoms with E-state index in [1.54, 1.807) is 0 Å². The lowest BCUT2D eigenvalue weighted by Gasteiger charge is -2.12. The standard InChI is InChI=1S/C18H14FNO6/c1-23-12-7-5-10-15(21)14(19)16(26-17(10)18(12)25-3)9-4-6-11(20-22)13(8-9)24-2/h4-8H,1-3H3. The van der Waals surface area contributed by atoms with Crippen LogP contribution in [-0.2, 0) is 0 Å². The summed E-state index contributed by atoms with van der Waals surface area (Å²) in [5, 5.41) is 2.83. The topological polar surface area (TPSA) is 87.3 Å².